The lowest BCUT2D eigenvalue weighted by Gasteiger charge is -2.19. The van der Waals surface area contributed by atoms with Crippen molar-refractivity contribution in [2.24, 2.45) is 0 Å². The quantitative estimate of drug-likeness (QED) is 0.879. The van der Waals surface area contributed by atoms with E-state index in [2.05, 4.69) is 6.07 Å². The first-order chi connectivity index (χ1) is 10.5. The highest BCUT2D eigenvalue weighted by Crippen LogP contribution is 2.31. The van der Waals surface area contributed by atoms with Crippen LogP contribution in [-0.2, 0) is 0 Å². The van der Waals surface area contributed by atoms with Crippen molar-refractivity contribution in [3.63, 3.8) is 0 Å². The van der Waals surface area contributed by atoms with Gasteiger partial charge < -0.3 is 14.4 Å². The second-order valence-corrected chi connectivity index (χ2v) is 6.34. The predicted octanol–water partition coefficient (Wildman–Crippen LogP) is 3.35. The molecule has 0 unspecified atom stereocenters. The number of nitrogens with zero attached hydrogens (tertiary/aromatic N) is 1. The summed E-state index contributed by atoms with van der Waals surface area (Å²) in [7, 11) is 0. The van der Waals surface area contributed by atoms with Gasteiger partial charge in [-0.3, -0.25) is 4.79 Å². The molecule has 1 saturated heterocycles. The molecule has 1 amide bonds. The highest BCUT2D eigenvalue weighted by atomic mass is 16.3. The smallest absolute Gasteiger partial charge is 0.289 e. The van der Waals surface area contributed by atoms with E-state index in [0.29, 0.717) is 25.3 Å². The van der Waals surface area contributed by atoms with E-state index in [1.807, 2.05) is 31.7 Å². The van der Waals surface area contributed by atoms with Crippen molar-refractivity contribution < 1.29 is 14.3 Å². The van der Waals surface area contributed by atoms with Crippen LogP contribution >= 0.6 is 0 Å². The van der Waals surface area contributed by atoms with E-state index < -0.39 is 0 Å². The number of amides is 1. The number of hydrogen-bond donors (Lipinski definition) is 1. The lowest BCUT2D eigenvalue weighted by atomic mass is 10.0. The third kappa shape index (κ3) is 2.52. The number of carbonyl (C=O) groups excluding carboxylic acids is 1. The zero-order chi connectivity index (χ0) is 15.9. The lowest BCUT2D eigenvalue weighted by Crippen LogP contribution is -2.32. The standard InChI is InChI=1S/C18H23NO3/c1-11-6-7-12(2)16-15(11)13(3)17(22-16)18(21)19-9-4-5-14(20)8-10-19/h6-7,14,20H,4-5,8-10H2,1-3H3/t14-/m0/s1. The number of fused-ring (bicyclic) bond motifs is 1. The van der Waals surface area contributed by atoms with Gasteiger partial charge in [0.15, 0.2) is 5.76 Å². The number of aliphatic hydroxyl groups excluding tert-OH is 1. The van der Waals surface area contributed by atoms with E-state index in [-0.39, 0.29) is 12.0 Å². The van der Waals surface area contributed by atoms with Crippen molar-refractivity contribution in [1.82, 2.24) is 4.90 Å². The van der Waals surface area contributed by atoms with Crippen molar-refractivity contribution in [3.05, 3.63) is 34.6 Å². The van der Waals surface area contributed by atoms with E-state index in [9.17, 15) is 9.90 Å². The SMILES string of the molecule is Cc1ccc(C)c2c(C)c(C(=O)N3CCC[C@H](O)CC3)oc12. The van der Waals surface area contributed by atoms with Gasteiger partial charge in [0, 0.05) is 24.0 Å². The first-order valence-electron chi connectivity index (χ1n) is 7.95. The molecule has 0 saturated carbocycles. The molecule has 1 atom stereocenters. The molecule has 2 aromatic rings. The Morgan fingerprint density at radius 1 is 1.18 bits per heavy atom. The minimum Gasteiger partial charge on any atom is -0.450 e. The summed E-state index contributed by atoms with van der Waals surface area (Å²) in [5.74, 6) is 0.394. The molecule has 118 valence electrons. The molecule has 1 aliphatic heterocycles. The van der Waals surface area contributed by atoms with Gasteiger partial charge in [-0.1, -0.05) is 12.1 Å². The van der Waals surface area contributed by atoms with E-state index in [1.54, 1.807) is 0 Å². The Labute approximate surface area is 130 Å². The fourth-order valence-electron chi connectivity index (χ4n) is 3.30. The summed E-state index contributed by atoms with van der Waals surface area (Å²) in [5.41, 5.74) is 3.92. The lowest BCUT2D eigenvalue weighted by molar-refractivity contribution is 0.0722. The Bertz CT molecular complexity index is 717. The highest BCUT2D eigenvalue weighted by Gasteiger charge is 2.26. The van der Waals surface area contributed by atoms with Gasteiger partial charge in [0.2, 0.25) is 0 Å². The maximum atomic E-state index is 12.8. The monoisotopic (exact) mass is 301 g/mol. The van der Waals surface area contributed by atoms with E-state index in [0.717, 1.165) is 40.5 Å². The zero-order valence-electron chi connectivity index (χ0n) is 13.5. The van der Waals surface area contributed by atoms with Gasteiger partial charge in [0.05, 0.1) is 6.10 Å². The first kappa shape index (κ1) is 15.1. The molecule has 3 rings (SSSR count). The second-order valence-electron chi connectivity index (χ2n) is 6.34. The fraction of sp³-hybridized carbons (Fsp3) is 0.500. The van der Waals surface area contributed by atoms with Gasteiger partial charge in [-0.25, -0.2) is 0 Å². The molecule has 1 aliphatic rings. The molecule has 0 spiro atoms. The van der Waals surface area contributed by atoms with Crippen molar-refractivity contribution in [2.75, 3.05) is 13.1 Å². The van der Waals surface area contributed by atoms with Crippen LogP contribution in [0.2, 0.25) is 0 Å². The van der Waals surface area contributed by atoms with Crippen LogP contribution in [0.1, 0.15) is 46.5 Å². The molecule has 2 heterocycles. The first-order valence-corrected chi connectivity index (χ1v) is 7.95. The summed E-state index contributed by atoms with van der Waals surface area (Å²) in [4.78, 5) is 14.6. The van der Waals surface area contributed by atoms with Gasteiger partial charge in [-0.05, 0) is 51.2 Å². The predicted molar refractivity (Wildman–Crippen MR) is 86.2 cm³/mol. The normalized spacial score (nSPS) is 19.5. The largest absolute Gasteiger partial charge is 0.450 e. The molecular weight excluding hydrogens is 278 g/mol. The van der Waals surface area contributed by atoms with Gasteiger partial charge in [-0.15, -0.1) is 0 Å². The van der Waals surface area contributed by atoms with Crippen molar-refractivity contribution in [3.8, 4) is 0 Å². The number of benzene rings is 1. The maximum Gasteiger partial charge on any atom is 0.289 e. The fourth-order valence-corrected chi connectivity index (χ4v) is 3.30. The number of carbonyl (C=O) groups is 1. The molecule has 1 aromatic heterocycles. The van der Waals surface area contributed by atoms with Gasteiger partial charge >= 0.3 is 0 Å². The van der Waals surface area contributed by atoms with Crippen LogP contribution in [0, 0.1) is 20.8 Å². The molecule has 1 N–H and O–H groups in total. The molecule has 0 aliphatic carbocycles. The Morgan fingerprint density at radius 2 is 1.91 bits per heavy atom. The molecule has 4 heteroatoms. The number of hydrogen-bond acceptors (Lipinski definition) is 3. The van der Waals surface area contributed by atoms with Gasteiger partial charge in [0.1, 0.15) is 5.58 Å². The van der Waals surface area contributed by atoms with Crippen molar-refractivity contribution in [1.29, 1.82) is 0 Å². The van der Waals surface area contributed by atoms with Crippen LogP contribution in [0.4, 0.5) is 0 Å². The summed E-state index contributed by atoms with van der Waals surface area (Å²) >= 11 is 0. The Kier molecular flexibility index (Phi) is 3.96. The van der Waals surface area contributed by atoms with Crippen LogP contribution in [0.15, 0.2) is 16.5 Å². The Balaban J connectivity index is 1.99. The van der Waals surface area contributed by atoms with Crippen molar-refractivity contribution in [2.45, 2.75) is 46.1 Å². The van der Waals surface area contributed by atoms with E-state index >= 15 is 0 Å². The summed E-state index contributed by atoms with van der Waals surface area (Å²) in [6, 6.07) is 4.09. The van der Waals surface area contributed by atoms with Crippen LogP contribution in [0.3, 0.4) is 0 Å². The van der Waals surface area contributed by atoms with Crippen molar-refractivity contribution >= 4 is 16.9 Å². The summed E-state index contributed by atoms with van der Waals surface area (Å²) in [6.07, 6.45) is 1.95. The minimum atomic E-state index is -0.293. The summed E-state index contributed by atoms with van der Waals surface area (Å²) < 4.78 is 5.94. The molecule has 0 bridgehead atoms. The van der Waals surface area contributed by atoms with Gasteiger partial charge in [0.25, 0.3) is 5.91 Å². The average Bonchev–Trinajstić information content (AvgIpc) is 2.69. The highest BCUT2D eigenvalue weighted by molar-refractivity contribution is 6.00. The van der Waals surface area contributed by atoms with Crippen LogP contribution < -0.4 is 0 Å². The van der Waals surface area contributed by atoms with Crippen LogP contribution in [0.25, 0.3) is 11.0 Å². The number of likely N-dealkylation sites (tertiary alicyclic amines) is 1. The molecule has 22 heavy (non-hydrogen) atoms. The Morgan fingerprint density at radius 3 is 2.64 bits per heavy atom. The maximum absolute atomic E-state index is 12.8. The third-order valence-electron chi connectivity index (χ3n) is 4.66. The molecule has 1 aromatic carbocycles. The number of rotatable bonds is 1. The molecular formula is C18H23NO3. The van der Waals surface area contributed by atoms with E-state index in [4.69, 9.17) is 4.42 Å². The molecule has 0 radical (unpaired) electrons. The number of aliphatic hydroxyl groups is 1. The Hall–Kier alpha value is -1.81. The molecule has 1 fully saturated rings. The topological polar surface area (TPSA) is 53.7 Å². The van der Waals surface area contributed by atoms with Gasteiger partial charge in [-0.2, -0.15) is 0 Å². The summed E-state index contributed by atoms with van der Waals surface area (Å²) in [6.45, 7) is 7.28. The van der Waals surface area contributed by atoms with Crippen LogP contribution in [-0.4, -0.2) is 35.1 Å². The van der Waals surface area contributed by atoms with Crippen LogP contribution in [0.5, 0.6) is 0 Å². The summed E-state index contributed by atoms with van der Waals surface area (Å²) in [5, 5.41) is 10.8. The zero-order valence-corrected chi connectivity index (χ0v) is 13.5. The van der Waals surface area contributed by atoms with E-state index in [1.165, 1.54) is 0 Å². The minimum absolute atomic E-state index is 0.0541. The third-order valence-corrected chi connectivity index (χ3v) is 4.66. The number of furan rings is 1. The number of aryl methyl sites for hydroxylation is 3. The second kappa shape index (κ2) is 5.76. The average molecular weight is 301 g/mol. The molecule has 4 nitrogen and oxygen atoms in total.